The molecule has 3 aromatic rings. The molecule has 4 heteroatoms. The van der Waals surface area contributed by atoms with Crippen LogP contribution in [0.4, 0.5) is 0 Å². The summed E-state index contributed by atoms with van der Waals surface area (Å²) in [6.07, 6.45) is 8.89. The van der Waals surface area contributed by atoms with E-state index in [-0.39, 0.29) is 11.8 Å². The predicted molar refractivity (Wildman–Crippen MR) is 144 cm³/mol. The fourth-order valence-electron chi connectivity index (χ4n) is 5.50. The highest BCUT2D eigenvalue weighted by Crippen LogP contribution is 2.40. The van der Waals surface area contributed by atoms with Crippen molar-refractivity contribution in [3.8, 4) is 23.0 Å². The Kier molecular flexibility index (Phi) is 7.62. The van der Waals surface area contributed by atoms with Crippen LogP contribution in [-0.4, -0.2) is 26.8 Å². The normalized spacial score (nSPS) is 14.8. The molecule has 1 fully saturated rings. The van der Waals surface area contributed by atoms with Gasteiger partial charge in [-0.1, -0.05) is 62.1 Å². The molecule has 4 nitrogen and oxygen atoms in total. The molecule has 0 atom stereocenters. The second kappa shape index (κ2) is 10.7. The number of nitrogens with zero attached hydrogens (tertiary/aromatic N) is 1. The Morgan fingerprint density at radius 2 is 1.64 bits per heavy atom. The van der Waals surface area contributed by atoms with Crippen molar-refractivity contribution >= 4 is 5.97 Å². The van der Waals surface area contributed by atoms with Crippen LogP contribution in [0.1, 0.15) is 80.2 Å². The average Bonchev–Trinajstić information content (AvgIpc) is 3.31. The van der Waals surface area contributed by atoms with E-state index >= 15 is 0 Å². The van der Waals surface area contributed by atoms with Crippen molar-refractivity contribution < 1.29 is 15.0 Å². The molecular weight excluding hydrogens is 446 g/mol. The summed E-state index contributed by atoms with van der Waals surface area (Å²) >= 11 is 0. The van der Waals surface area contributed by atoms with Crippen LogP contribution in [0.15, 0.2) is 60.9 Å². The van der Waals surface area contributed by atoms with Gasteiger partial charge in [-0.3, -0.25) is 9.78 Å². The average molecular weight is 482 g/mol. The van der Waals surface area contributed by atoms with Crippen LogP contribution in [0.3, 0.4) is 0 Å². The molecule has 2 aromatic carbocycles. The zero-order valence-corrected chi connectivity index (χ0v) is 21.5. The largest absolute Gasteiger partial charge is 0.481 e. The second-order valence-corrected chi connectivity index (χ2v) is 10.0. The number of aliphatic hydroxyl groups is 1. The highest BCUT2D eigenvalue weighted by atomic mass is 16.4. The maximum atomic E-state index is 11.1. The number of carboxylic acid groups (broad SMARTS) is 1. The Labute approximate surface area is 214 Å². The topological polar surface area (TPSA) is 70.4 Å². The molecule has 1 aliphatic rings. The van der Waals surface area contributed by atoms with E-state index < -0.39 is 11.6 Å². The van der Waals surface area contributed by atoms with Gasteiger partial charge in [0.2, 0.25) is 0 Å². The van der Waals surface area contributed by atoms with Crippen molar-refractivity contribution in [3.63, 3.8) is 0 Å². The van der Waals surface area contributed by atoms with Gasteiger partial charge >= 0.3 is 5.97 Å². The lowest BCUT2D eigenvalue weighted by Gasteiger charge is -2.34. The maximum absolute atomic E-state index is 11.1. The fraction of sp³-hybridized carbons (Fsp3) is 0.375. The summed E-state index contributed by atoms with van der Waals surface area (Å²) in [7, 11) is 0. The summed E-state index contributed by atoms with van der Waals surface area (Å²) in [5.41, 5.74) is 6.31. The van der Waals surface area contributed by atoms with Gasteiger partial charge in [0, 0.05) is 28.9 Å². The molecule has 0 unspecified atom stereocenters. The van der Waals surface area contributed by atoms with Crippen LogP contribution in [0.25, 0.3) is 11.1 Å². The molecular formula is C32H35NO3. The van der Waals surface area contributed by atoms with E-state index in [0.29, 0.717) is 5.56 Å². The first-order valence-electron chi connectivity index (χ1n) is 12.9. The molecule has 0 aliphatic heterocycles. The van der Waals surface area contributed by atoms with E-state index in [4.69, 9.17) is 5.11 Å². The first-order valence-corrected chi connectivity index (χ1v) is 12.9. The summed E-state index contributed by atoms with van der Waals surface area (Å²) in [4.78, 5) is 15.3. The van der Waals surface area contributed by atoms with Crippen LogP contribution in [0, 0.1) is 18.8 Å². The van der Waals surface area contributed by atoms with E-state index in [1.54, 1.807) is 12.4 Å². The molecule has 2 N–H and O–H groups in total. The summed E-state index contributed by atoms with van der Waals surface area (Å²) in [6.45, 7) is 6.56. The van der Waals surface area contributed by atoms with Crippen LogP contribution in [-0.2, 0) is 16.6 Å². The van der Waals surface area contributed by atoms with E-state index in [1.165, 1.54) is 11.1 Å². The van der Waals surface area contributed by atoms with E-state index in [9.17, 15) is 9.90 Å². The molecule has 1 saturated carbocycles. The number of benzene rings is 2. The molecule has 1 aliphatic carbocycles. The number of rotatable bonds is 7. The predicted octanol–water partition coefficient (Wildman–Crippen LogP) is 6.45. The standard InChI is InChI=1S/C32H35NO3/c1-4-32(5-2,29-13-8-25(23(3)18-29)14-17-31(36)15-6-7-16-31)28-11-9-26(10-12-28)27-19-24(20-30(34)35)21-33-22-27/h8-13,18-19,21-22,36H,4-7,15-16,20H2,1-3H3,(H,34,35). The number of pyridine rings is 1. The first kappa shape index (κ1) is 25.7. The van der Waals surface area contributed by atoms with Crippen molar-refractivity contribution in [3.05, 3.63) is 88.7 Å². The first-order chi connectivity index (χ1) is 17.3. The van der Waals surface area contributed by atoms with Crippen molar-refractivity contribution in [2.75, 3.05) is 0 Å². The highest BCUT2D eigenvalue weighted by Gasteiger charge is 2.31. The van der Waals surface area contributed by atoms with Gasteiger partial charge in [-0.2, -0.15) is 0 Å². The molecule has 36 heavy (non-hydrogen) atoms. The van der Waals surface area contributed by atoms with Gasteiger partial charge in [0.25, 0.3) is 0 Å². The summed E-state index contributed by atoms with van der Waals surface area (Å²) < 4.78 is 0. The van der Waals surface area contributed by atoms with Gasteiger partial charge in [-0.15, -0.1) is 0 Å². The summed E-state index contributed by atoms with van der Waals surface area (Å²) in [5.74, 6) is 5.53. The number of carbonyl (C=O) groups is 1. The molecule has 0 bridgehead atoms. The number of aromatic nitrogens is 1. The third-order valence-electron chi connectivity index (χ3n) is 7.77. The summed E-state index contributed by atoms with van der Waals surface area (Å²) in [6, 6.07) is 17.0. The van der Waals surface area contributed by atoms with Gasteiger partial charge in [0.05, 0.1) is 6.42 Å². The fourth-order valence-corrected chi connectivity index (χ4v) is 5.50. The lowest BCUT2D eigenvalue weighted by molar-refractivity contribution is -0.136. The van der Waals surface area contributed by atoms with Crippen molar-refractivity contribution in [2.45, 2.75) is 76.7 Å². The zero-order valence-electron chi connectivity index (χ0n) is 21.5. The maximum Gasteiger partial charge on any atom is 0.307 e. The molecule has 4 rings (SSSR count). The number of aryl methyl sites for hydroxylation is 1. The third-order valence-corrected chi connectivity index (χ3v) is 7.77. The quantitative estimate of drug-likeness (QED) is 0.381. The number of hydrogen-bond donors (Lipinski definition) is 2. The molecule has 186 valence electrons. The molecule has 0 spiro atoms. The SMILES string of the molecule is CCC(CC)(c1ccc(-c2cncc(CC(=O)O)c2)cc1)c1ccc(C#CC2(O)CCCC2)c(C)c1. The van der Waals surface area contributed by atoms with Crippen molar-refractivity contribution in [1.82, 2.24) is 4.98 Å². The smallest absolute Gasteiger partial charge is 0.307 e. The minimum Gasteiger partial charge on any atom is -0.481 e. The number of carboxylic acids is 1. The molecule has 1 heterocycles. The molecule has 0 amide bonds. The Balaban J connectivity index is 1.63. The minimum atomic E-state index is -0.860. The molecule has 0 saturated heterocycles. The molecule has 1 aromatic heterocycles. The Hall–Kier alpha value is -3.42. The van der Waals surface area contributed by atoms with Gasteiger partial charge in [-0.05, 0) is 85.4 Å². The number of aliphatic carboxylic acids is 1. The Bertz CT molecular complexity index is 1290. The highest BCUT2D eigenvalue weighted by molar-refractivity contribution is 5.71. The van der Waals surface area contributed by atoms with E-state index in [0.717, 1.165) is 60.8 Å². The second-order valence-electron chi connectivity index (χ2n) is 10.0. The third kappa shape index (κ3) is 5.37. The van der Waals surface area contributed by atoms with Crippen molar-refractivity contribution in [2.24, 2.45) is 0 Å². The Morgan fingerprint density at radius 1 is 0.972 bits per heavy atom. The monoisotopic (exact) mass is 481 g/mol. The van der Waals surface area contributed by atoms with Crippen LogP contribution >= 0.6 is 0 Å². The lowest BCUT2D eigenvalue weighted by Crippen LogP contribution is -2.26. The van der Waals surface area contributed by atoms with Gasteiger partial charge in [0.1, 0.15) is 5.60 Å². The van der Waals surface area contributed by atoms with Crippen LogP contribution < -0.4 is 0 Å². The van der Waals surface area contributed by atoms with Crippen LogP contribution in [0.5, 0.6) is 0 Å². The van der Waals surface area contributed by atoms with Crippen LogP contribution in [0.2, 0.25) is 0 Å². The minimum absolute atomic E-state index is 0.0350. The van der Waals surface area contributed by atoms with Gasteiger partial charge in [0.15, 0.2) is 0 Å². The zero-order chi connectivity index (χ0) is 25.8. The number of hydrogen-bond acceptors (Lipinski definition) is 3. The lowest BCUT2D eigenvalue weighted by atomic mass is 9.70. The van der Waals surface area contributed by atoms with E-state index in [2.05, 4.69) is 80.1 Å². The van der Waals surface area contributed by atoms with Gasteiger partial charge in [-0.25, -0.2) is 0 Å². The van der Waals surface area contributed by atoms with E-state index in [1.807, 2.05) is 6.07 Å². The van der Waals surface area contributed by atoms with Gasteiger partial charge < -0.3 is 10.2 Å². The molecule has 0 radical (unpaired) electrons. The van der Waals surface area contributed by atoms with Crippen molar-refractivity contribution in [1.29, 1.82) is 0 Å². The summed E-state index contributed by atoms with van der Waals surface area (Å²) in [5, 5.41) is 19.7. The Morgan fingerprint density at radius 3 is 2.25 bits per heavy atom.